The third-order valence-electron chi connectivity index (χ3n) is 5.90. The summed E-state index contributed by atoms with van der Waals surface area (Å²) in [5.74, 6) is -3.40. The number of carboxylic acids is 1. The Morgan fingerprint density at radius 1 is 0.973 bits per heavy atom. The van der Waals surface area contributed by atoms with Crippen molar-refractivity contribution in [2.45, 2.75) is 57.0 Å². The second-order valence-electron chi connectivity index (χ2n) is 8.80. The highest BCUT2D eigenvalue weighted by molar-refractivity contribution is 5.95. The minimum atomic E-state index is -1.28. The highest BCUT2D eigenvalue weighted by Crippen LogP contribution is 2.19. The quantitative estimate of drug-likeness (QED) is 0.149. The molecule has 198 valence electrons. The third kappa shape index (κ3) is 7.15. The van der Waals surface area contributed by atoms with Gasteiger partial charge < -0.3 is 41.9 Å². The Balaban J connectivity index is 1.86. The van der Waals surface area contributed by atoms with Gasteiger partial charge in [-0.15, -0.1) is 0 Å². The number of para-hydroxylation sites is 1. The van der Waals surface area contributed by atoms with Gasteiger partial charge in [-0.1, -0.05) is 18.2 Å². The van der Waals surface area contributed by atoms with Gasteiger partial charge in [0.2, 0.25) is 17.7 Å². The number of rotatable bonds is 12. The van der Waals surface area contributed by atoms with Gasteiger partial charge in [0.15, 0.2) is 0 Å². The molecule has 37 heavy (non-hydrogen) atoms. The molecular formula is C24H31N7O6. The van der Waals surface area contributed by atoms with Crippen LogP contribution in [0, 0.1) is 0 Å². The first-order chi connectivity index (χ1) is 17.6. The number of aromatic nitrogens is 3. The van der Waals surface area contributed by atoms with E-state index >= 15 is 0 Å². The fourth-order valence-corrected chi connectivity index (χ4v) is 3.69. The first kappa shape index (κ1) is 27.4. The van der Waals surface area contributed by atoms with Gasteiger partial charge in [0.25, 0.3) is 0 Å². The van der Waals surface area contributed by atoms with Gasteiger partial charge in [-0.3, -0.25) is 19.2 Å². The summed E-state index contributed by atoms with van der Waals surface area (Å²) in [5, 5.41) is 27.3. The van der Waals surface area contributed by atoms with Crippen molar-refractivity contribution in [3.63, 3.8) is 0 Å². The van der Waals surface area contributed by atoms with E-state index in [1.807, 2.05) is 24.3 Å². The van der Waals surface area contributed by atoms with E-state index < -0.39 is 54.0 Å². The monoisotopic (exact) mass is 513 g/mol. The van der Waals surface area contributed by atoms with E-state index in [9.17, 15) is 29.4 Å². The zero-order valence-corrected chi connectivity index (χ0v) is 20.4. The molecule has 1 aromatic carbocycles. The second kappa shape index (κ2) is 12.1. The molecule has 0 spiro atoms. The maximum absolute atomic E-state index is 13.4. The normalized spacial score (nSPS) is 15.2. The van der Waals surface area contributed by atoms with Crippen LogP contribution in [-0.2, 0) is 32.0 Å². The van der Waals surface area contributed by atoms with E-state index in [0.29, 0.717) is 5.69 Å². The molecule has 0 saturated heterocycles. The fraction of sp³-hybridized carbons (Fsp3) is 0.375. The summed E-state index contributed by atoms with van der Waals surface area (Å²) in [6.45, 7) is 2.66. The number of fused-ring (bicyclic) bond motifs is 1. The van der Waals surface area contributed by atoms with E-state index in [1.54, 1.807) is 6.20 Å². The van der Waals surface area contributed by atoms with Crippen LogP contribution in [0.15, 0.2) is 43.0 Å². The molecule has 0 bridgehead atoms. The van der Waals surface area contributed by atoms with E-state index in [0.717, 1.165) is 16.5 Å². The number of hydrogen-bond acceptors (Lipinski definition) is 7. The largest absolute Gasteiger partial charge is 0.480 e. The number of aliphatic hydroxyl groups excluding tert-OH is 1. The van der Waals surface area contributed by atoms with Gasteiger partial charge in [0.05, 0.1) is 12.4 Å². The number of carbonyl (C=O) groups is 4. The zero-order chi connectivity index (χ0) is 27.1. The van der Waals surface area contributed by atoms with Gasteiger partial charge >= 0.3 is 5.97 Å². The number of amides is 3. The lowest BCUT2D eigenvalue weighted by Crippen LogP contribution is -2.58. The number of benzene rings is 1. The van der Waals surface area contributed by atoms with Crippen LogP contribution < -0.4 is 21.7 Å². The number of H-pyrrole nitrogens is 2. The number of aliphatic carboxylic acids is 1. The van der Waals surface area contributed by atoms with Crippen LogP contribution in [0.5, 0.6) is 0 Å². The number of aliphatic hydroxyl groups is 1. The SMILES string of the molecule is CC(NC(=O)C(Cc1c[nH]c2ccccc12)NC(=O)C(Cc1cnc[nH]1)NC(=O)C(N)C(C)O)C(=O)O. The van der Waals surface area contributed by atoms with Gasteiger partial charge in [-0.05, 0) is 25.5 Å². The van der Waals surface area contributed by atoms with E-state index in [1.165, 1.54) is 26.4 Å². The Kier molecular flexibility index (Phi) is 8.98. The Morgan fingerprint density at radius 3 is 2.27 bits per heavy atom. The van der Waals surface area contributed by atoms with Crippen LogP contribution in [0.1, 0.15) is 25.1 Å². The second-order valence-corrected chi connectivity index (χ2v) is 8.80. The Labute approximate surface area is 212 Å². The third-order valence-corrected chi connectivity index (χ3v) is 5.90. The first-order valence-corrected chi connectivity index (χ1v) is 11.7. The number of carbonyl (C=O) groups excluding carboxylic acids is 3. The molecule has 0 aliphatic heterocycles. The number of aromatic amines is 2. The molecule has 0 fully saturated rings. The van der Waals surface area contributed by atoms with Crippen LogP contribution in [0.2, 0.25) is 0 Å². The summed E-state index contributed by atoms with van der Waals surface area (Å²) in [6.07, 6.45) is 3.49. The lowest BCUT2D eigenvalue weighted by molar-refractivity contribution is -0.141. The Bertz CT molecular complexity index is 1240. The lowest BCUT2D eigenvalue weighted by Gasteiger charge is -2.25. The molecule has 2 aromatic heterocycles. The van der Waals surface area contributed by atoms with Crippen LogP contribution >= 0.6 is 0 Å². The van der Waals surface area contributed by atoms with Gasteiger partial charge in [0, 0.05) is 41.8 Å². The fourth-order valence-electron chi connectivity index (χ4n) is 3.69. The molecule has 5 unspecified atom stereocenters. The number of hydrogen-bond donors (Lipinski definition) is 8. The average molecular weight is 514 g/mol. The summed E-state index contributed by atoms with van der Waals surface area (Å²) >= 11 is 0. The van der Waals surface area contributed by atoms with Crippen LogP contribution in [0.3, 0.4) is 0 Å². The summed E-state index contributed by atoms with van der Waals surface area (Å²) in [6, 6.07) is 2.59. The number of imidazole rings is 1. The first-order valence-electron chi connectivity index (χ1n) is 11.7. The number of nitrogens with one attached hydrogen (secondary N) is 5. The average Bonchev–Trinajstić information content (AvgIpc) is 3.52. The molecule has 2 heterocycles. The molecule has 5 atom stereocenters. The molecule has 0 saturated carbocycles. The van der Waals surface area contributed by atoms with Gasteiger partial charge in [0.1, 0.15) is 24.2 Å². The Hall–Kier alpha value is -4.23. The minimum Gasteiger partial charge on any atom is -0.480 e. The molecule has 9 N–H and O–H groups in total. The van der Waals surface area contributed by atoms with Crippen LogP contribution in [0.4, 0.5) is 0 Å². The summed E-state index contributed by atoms with van der Waals surface area (Å²) in [4.78, 5) is 60.1. The van der Waals surface area contributed by atoms with Crippen LogP contribution in [-0.4, -0.2) is 79.1 Å². The smallest absolute Gasteiger partial charge is 0.325 e. The lowest BCUT2D eigenvalue weighted by atomic mass is 10.0. The van der Waals surface area contributed by atoms with Gasteiger partial charge in [-0.2, -0.15) is 0 Å². The number of nitrogens with zero attached hydrogens (tertiary/aromatic N) is 1. The molecule has 13 heteroatoms. The number of carboxylic acid groups (broad SMARTS) is 1. The molecule has 3 aromatic rings. The molecule has 0 aliphatic carbocycles. The molecule has 0 radical (unpaired) electrons. The predicted molar refractivity (Wildman–Crippen MR) is 133 cm³/mol. The molecule has 3 rings (SSSR count). The van der Waals surface area contributed by atoms with Crippen molar-refractivity contribution in [2.75, 3.05) is 0 Å². The van der Waals surface area contributed by atoms with Crippen molar-refractivity contribution >= 4 is 34.6 Å². The topological polar surface area (TPSA) is 215 Å². The van der Waals surface area contributed by atoms with Crippen molar-refractivity contribution in [3.8, 4) is 0 Å². The minimum absolute atomic E-state index is 0.00292. The van der Waals surface area contributed by atoms with Crippen molar-refractivity contribution in [1.82, 2.24) is 30.9 Å². The van der Waals surface area contributed by atoms with E-state index in [-0.39, 0.29) is 12.8 Å². The van der Waals surface area contributed by atoms with Crippen molar-refractivity contribution < 1.29 is 29.4 Å². The van der Waals surface area contributed by atoms with Gasteiger partial charge in [-0.25, -0.2) is 4.98 Å². The molecule has 0 aliphatic rings. The van der Waals surface area contributed by atoms with Crippen molar-refractivity contribution in [2.24, 2.45) is 5.73 Å². The maximum atomic E-state index is 13.4. The van der Waals surface area contributed by atoms with Crippen molar-refractivity contribution in [3.05, 3.63) is 54.2 Å². The summed E-state index contributed by atoms with van der Waals surface area (Å²) < 4.78 is 0. The highest BCUT2D eigenvalue weighted by atomic mass is 16.4. The Morgan fingerprint density at radius 2 is 1.62 bits per heavy atom. The standard InChI is InChI=1S/C24H31N7O6/c1-12(24(36)37)29-21(33)18(7-14-9-27-17-6-4-3-5-16(14)17)30-22(34)19(8-15-10-26-11-28-15)31-23(35)20(25)13(2)32/h3-6,9-13,18-20,27,32H,7-8,25H2,1-2H3,(H,26,28)(H,29,33)(H,30,34)(H,31,35)(H,36,37). The molecular weight excluding hydrogens is 482 g/mol. The molecule has 3 amide bonds. The number of nitrogens with two attached hydrogens (primary N) is 1. The van der Waals surface area contributed by atoms with E-state index in [4.69, 9.17) is 5.73 Å². The maximum Gasteiger partial charge on any atom is 0.325 e. The summed E-state index contributed by atoms with van der Waals surface area (Å²) in [7, 11) is 0. The zero-order valence-electron chi connectivity index (χ0n) is 20.4. The van der Waals surface area contributed by atoms with E-state index in [2.05, 4.69) is 30.9 Å². The van der Waals surface area contributed by atoms with Crippen molar-refractivity contribution in [1.29, 1.82) is 0 Å². The van der Waals surface area contributed by atoms with Crippen LogP contribution in [0.25, 0.3) is 10.9 Å². The summed E-state index contributed by atoms with van der Waals surface area (Å²) in [5.41, 5.74) is 7.81. The molecule has 13 nitrogen and oxygen atoms in total. The highest BCUT2D eigenvalue weighted by Gasteiger charge is 2.31. The predicted octanol–water partition coefficient (Wildman–Crippen LogP) is -1.06.